The van der Waals surface area contributed by atoms with Gasteiger partial charge in [-0.1, -0.05) is 18.5 Å². The number of aliphatic hydroxyl groups excluding tert-OH is 1. The molecule has 7 nitrogen and oxygen atoms in total. The van der Waals surface area contributed by atoms with Gasteiger partial charge in [0, 0.05) is 31.4 Å². The number of hydrogen-bond donors (Lipinski definition) is 2. The highest BCUT2D eigenvalue weighted by Gasteiger charge is 2.50. The molecule has 1 saturated carbocycles. The van der Waals surface area contributed by atoms with Crippen molar-refractivity contribution in [1.29, 1.82) is 0 Å². The smallest absolute Gasteiger partial charge is 0.411 e. The van der Waals surface area contributed by atoms with Gasteiger partial charge in [-0.15, -0.1) is 0 Å². The molecule has 1 atom stereocenters. The summed E-state index contributed by atoms with van der Waals surface area (Å²) in [4.78, 5) is 29.6. The lowest BCUT2D eigenvalue weighted by Gasteiger charge is -2.41. The number of anilines is 2. The van der Waals surface area contributed by atoms with Gasteiger partial charge in [0.1, 0.15) is 0 Å². The van der Waals surface area contributed by atoms with Crippen molar-refractivity contribution in [1.82, 2.24) is 4.90 Å². The number of amides is 2. The van der Waals surface area contributed by atoms with Gasteiger partial charge in [0.25, 0.3) is 0 Å². The van der Waals surface area contributed by atoms with E-state index in [0.29, 0.717) is 23.9 Å². The van der Waals surface area contributed by atoms with Gasteiger partial charge in [-0.3, -0.25) is 10.1 Å². The van der Waals surface area contributed by atoms with Crippen LogP contribution in [-0.4, -0.2) is 60.4 Å². The number of aliphatic hydroxyl groups is 1. The number of carbonyl (C=O) groups excluding carboxylic acids is 2. The van der Waals surface area contributed by atoms with Gasteiger partial charge >= 0.3 is 6.09 Å². The van der Waals surface area contributed by atoms with E-state index in [-0.39, 0.29) is 23.5 Å². The van der Waals surface area contributed by atoms with E-state index in [0.717, 1.165) is 70.1 Å². The van der Waals surface area contributed by atoms with Gasteiger partial charge in [-0.2, -0.15) is 0 Å². The molecule has 0 unspecified atom stereocenters. The van der Waals surface area contributed by atoms with Crippen LogP contribution >= 0.6 is 11.6 Å². The highest BCUT2D eigenvalue weighted by atomic mass is 35.5. The van der Waals surface area contributed by atoms with Crippen molar-refractivity contribution in [3.05, 3.63) is 23.2 Å². The minimum atomic E-state index is -0.487. The average molecular weight is 464 g/mol. The minimum absolute atomic E-state index is 0.212. The molecule has 4 rings (SSSR count). The summed E-state index contributed by atoms with van der Waals surface area (Å²) in [5.74, 6) is 0.275. The Bertz CT molecular complexity index is 843. The first kappa shape index (κ1) is 23.2. The highest BCUT2D eigenvalue weighted by molar-refractivity contribution is 6.33. The highest BCUT2D eigenvalue weighted by Crippen LogP contribution is 2.44. The second-order valence-electron chi connectivity index (χ2n) is 9.44. The number of carbonyl (C=O) groups is 2. The van der Waals surface area contributed by atoms with Gasteiger partial charge in [0.05, 0.1) is 28.8 Å². The Kier molecular flexibility index (Phi) is 7.15. The van der Waals surface area contributed by atoms with Crippen molar-refractivity contribution in [2.75, 3.05) is 36.5 Å². The lowest BCUT2D eigenvalue weighted by Crippen LogP contribution is -2.50. The normalized spacial score (nSPS) is 28.3. The van der Waals surface area contributed by atoms with E-state index in [2.05, 4.69) is 15.1 Å². The number of hydrogen-bond acceptors (Lipinski definition) is 5. The summed E-state index contributed by atoms with van der Waals surface area (Å²) in [6.45, 7) is 4.65. The Labute approximate surface area is 195 Å². The molecular weight excluding hydrogens is 430 g/mol. The molecule has 3 aliphatic rings. The van der Waals surface area contributed by atoms with Crippen molar-refractivity contribution >= 4 is 35.0 Å². The van der Waals surface area contributed by atoms with Crippen molar-refractivity contribution in [3.63, 3.8) is 0 Å². The number of nitrogens with zero attached hydrogens (tertiary/aromatic N) is 2. The van der Waals surface area contributed by atoms with Crippen molar-refractivity contribution in [2.45, 2.75) is 70.4 Å². The summed E-state index contributed by atoms with van der Waals surface area (Å²) in [7, 11) is 0. The third kappa shape index (κ3) is 4.84. The third-order valence-electron chi connectivity index (χ3n) is 7.20. The molecule has 2 amide bonds. The van der Waals surface area contributed by atoms with E-state index >= 15 is 0 Å². The SMILES string of the molecule is CCCOC(=O)Nc1ccc(N2CCC[C@]3(CCN([C@H]4CC[C@H](O)CC4)C3=O)C2)c(Cl)c1. The summed E-state index contributed by atoms with van der Waals surface area (Å²) in [6, 6.07) is 5.74. The maximum absolute atomic E-state index is 13.5. The van der Waals surface area contributed by atoms with Crippen molar-refractivity contribution in [2.24, 2.45) is 5.41 Å². The second kappa shape index (κ2) is 9.87. The first-order valence-electron chi connectivity index (χ1n) is 11.9. The molecule has 176 valence electrons. The van der Waals surface area contributed by atoms with E-state index in [1.165, 1.54) is 0 Å². The molecule has 2 heterocycles. The molecule has 2 aliphatic heterocycles. The number of benzene rings is 1. The predicted molar refractivity (Wildman–Crippen MR) is 125 cm³/mol. The summed E-state index contributed by atoms with van der Waals surface area (Å²) in [5.41, 5.74) is 1.14. The first-order chi connectivity index (χ1) is 15.4. The molecule has 0 radical (unpaired) electrons. The van der Waals surface area contributed by atoms with E-state index in [4.69, 9.17) is 16.3 Å². The number of halogens is 1. The fourth-order valence-corrected chi connectivity index (χ4v) is 5.77. The van der Waals surface area contributed by atoms with Crippen molar-refractivity contribution < 1.29 is 19.4 Å². The Morgan fingerprint density at radius 2 is 2.03 bits per heavy atom. The summed E-state index contributed by atoms with van der Waals surface area (Å²) in [5, 5.41) is 13.1. The zero-order valence-corrected chi connectivity index (χ0v) is 19.6. The minimum Gasteiger partial charge on any atom is -0.449 e. The largest absolute Gasteiger partial charge is 0.449 e. The molecule has 0 aromatic heterocycles. The molecule has 1 aromatic rings. The second-order valence-corrected chi connectivity index (χ2v) is 9.85. The van der Waals surface area contributed by atoms with E-state index in [1.54, 1.807) is 6.07 Å². The number of rotatable bonds is 5. The molecule has 32 heavy (non-hydrogen) atoms. The lowest BCUT2D eigenvalue weighted by atomic mass is 9.78. The van der Waals surface area contributed by atoms with Crippen LogP contribution in [0.2, 0.25) is 5.02 Å². The van der Waals surface area contributed by atoms with Gasteiger partial charge in [0.2, 0.25) is 5.91 Å². The maximum atomic E-state index is 13.5. The van der Waals surface area contributed by atoms with Crippen LogP contribution < -0.4 is 10.2 Å². The van der Waals surface area contributed by atoms with E-state index < -0.39 is 6.09 Å². The summed E-state index contributed by atoms with van der Waals surface area (Å²) < 4.78 is 5.06. The number of piperidine rings is 1. The molecule has 2 saturated heterocycles. The van der Waals surface area contributed by atoms with Crippen molar-refractivity contribution in [3.8, 4) is 0 Å². The Hall–Kier alpha value is -1.99. The quantitative estimate of drug-likeness (QED) is 0.675. The van der Waals surface area contributed by atoms with Crippen LogP contribution in [-0.2, 0) is 9.53 Å². The fraction of sp³-hybridized carbons (Fsp3) is 0.667. The maximum Gasteiger partial charge on any atom is 0.411 e. The number of ether oxygens (including phenoxy) is 1. The first-order valence-corrected chi connectivity index (χ1v) is 12.3. The molecule has 8 heteroatoms. The fourth-order valence-electron chi connectivity index (χ4n) is 5.47. The van der Waals surface area contributed by atoms with Crippen LogP contribution in [0, 0.1) is 5.41 Å². The summed E-state index contributed by atoms with van der Waals surface area (Å²) >= 11 is 6.59. The topological polar surface area (TPSA) is 82.1 Å². The molecule has 2 N–H and O–H groups in total. The standard InChI is InChI=1S/C24H34ClN3O4/c1-2-14-32-23(31)26-17-4-9-21(20(25)15-17)27-12-3-10-24(16-27)11-13-28(22(24)30)18-5-7-19(29)8-6-18/h4,9,15,18-19,29H,2-3,5-8,10-14,16H2,1H3,(H,26,31)/t18-,19-,24-/m0/s1. The van der Waals surface area contributed by atoms with Crippen LogP contribution in [0.4, 0.5) is 16.2 Å². The van der Waals surface area contributed by atoms with Crippen LogP contribution in [0.25, 0.3) is 0 Å². The van der Waals surface area contributed by atoms with Crippen LogP contribution in [0.5, 0.6) is 0 Å². The van der Waals surface area contributed by atoms with Gasteiger partial charge in [-0.25, -0.2) is 4.79 Å². The Balaban J connectivity index is 1.42. The van der Waals surface area contributed by atoms with Gasteiger partial charge < -0.3 is 19.6 Å². The van der Waals surface area contributed by atoms with E-state index in [9.17, 15) is 14.7 Å². The van der Waals surface area contributed by atoms with Gasteiger partial charge in [0.15, 0.2) is 0 Å². The molecule has 3 fully saturated rings. The van der Waals surface area contributed by atoms with Gasteiger partial charge in [-0.05, 0) is 69.6 Å². The summed E-state index contributed by atoms with van der Waals surface area (Å²) in [6.07, 6.45) is 6.17. The van der Waals surface area contributed by atoms with Crippen LogP contribution in [0.3, 0.4) is 0 Å². The zero-order valence-electron chi connectivity index (χ0n) is 18.8. The third-order valence-corrected chi connectivity index (χ3v) is 7.50. The Morgan fingerprint density at radius 1 is 1.25 bits per heavy atom. The predicted octanol–water partition coefficient (Wildman–Crippen LogP) is 4.42. The zero-order chi connectivity index (χ0) is 22.7. The average Bonchev–Trinajstić information content (AvgIpc) is 3.08. The molecule has 1 aliphatic carbocycles. The molecule has 1 spiro atoms. The number of nitrogens with one attached hydrogen (secondary N) is 1. The van der Waals surface area contributed by atoms with E-state index in [1.807, 2.05) is 19.1 Å². The monoisotopic (exact) mass is 463 g/mol. The molecule has 1 aromatic carbocycles. The Morgan fingerprint density at radius 3 is 2.75 bits per heavy atom. The molecular formula is C24H34ClN3O4. The molecule has 0 bridgehead atoms. The lowest BCUT2D eigenvalue weighted by molar-refractivity contribution is -0.139. The van der Waals surface area contributed by atoms with Crippen LogP contribution in [0.15, 0.2) is 18.2 Å². The van der Waals surface area contributed by atoms with Crippen LogP contribution in [0.1, 0.15) is 58.3 Å². The number of likely N-dealkylation sites (tertiary alicyclic amines) is 1.